The standard InChI is InChI=1S/C21H20N2O3S/c1-14-6-5-9-16(12-14)23-21(26)20(25)22-13-17-10-11-18(27-17)19(24)15-7-3-2-4-8-15/h2-12,19,24H,13H2,1H3,(H,22,25)(H,23,26). The molecule has 3 aromatic rings. The molecule has 3 N–H and O–H groups in total. The molecule has 27 heavy (non-hydrogen) atoms. The van der Waals surface area contributed by atoms with Crippen LogP contribution in [0.4, 0.5) is 5.69 Å². The highest BCUT2D eigenvalue weighted by molar-refractivity contribution is 7.12. The summed E-state index contributed by atoms with van der Waals surface area (Å²) in [5.74, 6) is -1.41. The number of rotatable bonds is 5. The minimum Gasteiger partial charge on any atom is -0.383 e. The highest BCUT2D eigenvalue weighted by Crippen LogP contribution is 2.28. The lowest BCUT2D eigenvalue weighted by Gasteiger charge is -2.08. The first-order chi connectivity index (χ1) is 13.0. The Morgan fingerprint density at radius 1 is 1.00 bits per heavy atom. The van der Waals surface area contributed by atoms with Crippen molar-refractivity contribution in [2.45, 2.75) is 19.6 Å². The van der Waals surface area contributed by atoms with Gasteiger partial charge < -0.3 is 15.7 Å². The molecule has 2 aromatic carbocycles. The fourth-order valence-corrected chi connectivity index (χ4v) is 3.56. The molecule has 0 radical (unpaired) electrons. The molecule has 0 bridgehead atoms. The Bertz CT molecular complexity index is 937. The SMILES string of the molecule is Cc1cccc(NC(=O)C(=O)NCc2ccc(C(O)c3ccccc3)s2)c1. The van der Waals surface area contributed by atoms with Crippen LogP contribution in [0.25, 0.3) is 0 Å². The van der Waals surface area contributed by atoms with Crippen LogP contribution in [0.2, 0.25) is 0 Å². The Hall–Kier alpha value is -2.96. The van der Waals surface area contributed by atoms with Crippen molar-refractivity contribution in [3.8, 4) is 0 Å². The monoisotopic (exact) mass is 380 g/mol. The molecule has 0 aliphatic rings. The van der Waals surface area contributed by atoms with Crippen LogP contribution < -0.4 is 10.6 Å². The molecule has 0 saturated carbocycles. The Morgan fingerprint density at radius 3 is 2.52 bits per heavy atom. The molecule has 0 saturated heterocycles. The average Bonchev–Trinajstić information content (AvgIpc) is 3.15. The molecule has 0 aliphatic carbocycles. The van der Waals surface area contributed by atoms with E-state index < -0.39 is 17.9 Å². The van der Waals surface area contributed by atoms with Crippen molar-refractivity contribution >= 4 is 28.8 Å². The second-order valence-corrected chi connectivity index (χ2v) is 7.32. The van der Waals surface area contributed by atoms with Crippen LogP contribution in [-0.2, 0) is 16.1 Å². The number of anilines is 1. The van der Waals surface area contributed by atoms with Gasteiger partial charge in [0.1, 0.15) is 6.10 Å². The van der Waals surface area contributed by atoms with Crippen LogP contribution >= 0.6 is 11.3 Å². The molecule has 0 aliphatic heterocycles. The van der Waals surface area contributed by atoms with Gasteiger partial charge in [0.15, 0.2) is 0 Å². The van der Waals surface area contributed by atoms with Crippen molar-refractivity contribution in [2.24, 2.45) is 0 Å². The van der Waals surface area contributed by atoms with E-state index >= 15 is 0 Å². The van der Waals surface area contributed by atoms with Crippen LogP contribution in [0.5, 0.6) is 0 Å². The van der Waals surface area contributed by atoms with Gasteiger partial charge in [0.05, 0.1) is 6.54 Å². The number of hydrogen-bond acceptors (Lipinski definition) is 4. The van der Waals surface area contributed by atoms with Gasteiger partial charge in [-0.05, 0) is 42.3 Å². The van der Waals surface area contributed by atoms with E-state index in [2.05, 4.69) is 10.6 Å². The Kier molecular flexibility index (Phi) is 6.01. The number of aryl methyl sites for hydroxylation is 1. The predicted octanol–water partition coefficient (Wildman–Crippen LogP) is 3.39. The van der Waals surface area contributed by atoms with Gasteiger partial charge in [0, 0.05) is 15.4 Å². The lowest BCUT2D eigenvalue weighted by molar-refractivity contribution is -0.136. The van der Waals surface area contributed by atoms with E-state index in [1.165, 1.54) is 11.3 Å². The molecule has 0 spiro atoms. The molecule has 138 valence electrons. The lowest BCUT2D eigenvalue weighted by atomic mass is 10.1. The fraction of sp³-hybridized carbons (Fsp3) is 0.143. The van der Waals surface area contributed by atoms with E-state index in [-0.39, 0.29) is 6.54 Å². The quantitative estimate of drug-likeness (QED) is 0.594. The van der Waals surface area contributed by atoms with Gasteiger partial charge in [-0.3, -0.25) is 9.59 Å². The summed E-state index contributed by atoms with van der Waals surface area (Å²) >= 11 is 1.40. The molecule has 6 heteroatoms. The number of thiophene rings is 1. The lowest BCUT2D eigenvalue weighted by Crippen LogP contribution is -2.34. The van der Waals surface area contributed by atoms with E-state index in [0.29, 0.717) is 5.69 Å². The van der Waals surface area contributed by atoms with Crippen LogP contribution in [-0.4, -0.2) is 16.9 Å². The van der Waals surface area contributed by atoms with Crippen molar-refractivity contribution in [1.29, 1.82) is 0 Å². The van der Waals surface area contributed by atoms with Crippen LogP contribution in [0.1, 0.15) is 27.0 Å². The van der Waals surface area contributed by atoms with Crippen molar-refractivity contribution in [1.82, 2.24) is 5.32 Å². The third-order valence-corrected chi connectivity index (χ3v) is 5.11. The summed E-state index contributed by atoms with van der Waals surface area (Å²) in [4.78, 5) is 25.6. The van der Waals surface area contributed by atoms with E-state index in [4.69, 9.17) is 0 Å². The van der Waals surface area contributed by atoms with Crippen LogP contribution in [0.3, 0.4) is 0 Å². The third kappa shape index (κ3) is 5.03. The van der Waals surface area contributed by atoms with E-state index in [9.17, 15) is 14.7 Å². The minimum absolute atomic E-state index is 0.228. The third-order valence-electron chi connectivity index (χ3n) is 3.97. The second-order valence-electron chi connectivity index (χ2n) is 6.12. The summed E-state index contributed by atoms with van der Waals surface area (Å²) in [7, 11) is 0. The van der Waals surface area contributed by atoms with Crippen LogP contribution in [0.15, 0.2) is 66.7 Å². The number of carbonyl (C=O) groups is 2. The number of carbonyl (C=O) groups excluding carboxylic acids is 2. The predicted molar refractivity (Wildman–Crippen MR) is 106 cm³/mol. The highest BCUT2D eigenvalue weighted by atomic mass is 32.1. The summed E-state index contributed by atoms with van der Waals surface area (Å²) in [5.41, 5.74) is 2.39. The number of hydrogen-bond donors (Lipinski definition) is 3. The zero-order valence-electron chi connectivity index (χ0n) is 14.8. The van der Waals surface area contributed by atoms with Crippen molar-refractivity contribution in [2.75, 3.05) is 5.32 Å². The Morgan fingerprint density at radius 2 is 1.78 bits per heavy atom. The first kappa shape index (κ1) is 18.8. The van der Waals surface area contributed by atoms with Gasteiger partial charge in [-0.1, -0.05) is 42.5 Å². The molecular weight excluding hydrogens is 360 g/mol. The summed E-state index contributed by atoms with van der Waals surface area (Å²) in [5, 5.41) is 15.6. The molecule has 3 rings (SSSR count). The molecular formula is C21H20N2O3S. The second kappa shape index (κ2) is 8.62. The zero-order valence-corrected chi connectivity index (χ0v) is 15.6. The van der Waals surface area contributed by atoms with Crippen LogP contribution in [0, 0.1) is 6.92 Å². The number of benzene rings is 2. The van der Waals surface area contributed by atoms with Gasteiger partial charge in [0.2, 0.25) is 0 Å². The van der Waals surface area contributed by atoms with Gasteiger partial charge in [0.25, 0.3) is 0 Å². The molecule has 2 amide bonds. The highest BCUT2D eigenvalue weighted by Gasteiger charge is 2.16. The largest absolute Gasteiger partial charge is 0.383 e. The minimum atomic E-state index is -0.707. The number of amides is 2. The maximum Gasteiger partial charge on any atom is 0.313 e. The summed E-state index contributed by atoms with van der Waals surface area (Å²) in [6.07, 6.45) is -0.703. The molecule has 1 aromatic heterocycles. The van der Waals surface area contributed by atoms with E-state index in [0.717, 1.165) is 20.9 Å². The summed E-state index contributed by atoms with van der Waals surface area (Å²) in [6, 6.07) is 20.3. The summed E-state index contributed by atoms with van der Waals surface area (Å²) < 4.78 is 0. The Balaban J connectivity index is 1.55. The topological polar surface area (TPSA) is 78.4 Å². The molecule has 1 atom stereocenters. The van der Waals surface area contributed by atoms with Gasteiger partial charge in [-0.25, -0.2) is 0 Å². The molecule has 5 nitrogen and oxygen atoms in total. The van der Waals surface area contributed by atoms with Gasteiger partial charge in [-0.2, -0.15) is 0 Å². The van der Waals surface area contributed by atoms with Gasteiger partial charge >= 0.3 is 11.8 Å². The van der Waals surface area contributed by atoms with E-state index in [1.54, 1.807) is 12.1 Å². The summed E-state index contributed by atoms with van der Waals surface area (Å²) in [6.45, 7) is 2.14. The molecule has 1 heterocycles. The number of aliphatic hydroxyl groups excluding tert-OH is 1. The van der Waals surface area contributed by atoms with Crippen molar-refractivity contribution in [3.05, 3.63) is 87.6 Å². The molecule has 1 unspecified atom stereocenters. The molecule has 0 fully saturated rings. The maximum absolute atomic E-state index is 12.0. The zero-order chi connectivity index (χ0) is 19.2. The fourth-order valence-electron chi connectivity index (χ4n) is 2.59. The van der Waals surface area contributed by atoms with E-state index in [1.807, 2.05) is 61.5 Å². The van der Waals surface area contributed by atoms with Crippen molar-refractivity contribution in [3.63, 3.8) is 0 Å². The number of aliphatic hydroxyl groups is 1. The van der Waals surface area contributed by atoms with Gasteiger partial charge in [-0.15, -0.1) is 11.3 Å². The normalized spacial score (nSPS) is 11.6. The first-order valence-electron chi connectivity index (χ1n) is 8.50. The maximum atomic E-state index is 12.0. The Labute approximate surface area is 161 Å². The number of nitrogens with one attached hydrogen (secondary N) is 2. The average molecular weight is 380 g/mol. The first-order valence-corrected chi connectivity index (χ1v) is 9.32. The van der Waals surface area contributed by atoms with Crippen molar-refractivity contribution < 1.29 is 14.7 Å². The smallest absolute Gasteiger partial charge is 0.313 e.